The molecule has 0 spiro atoms. The first-order valence-corrected chi connectivity index (χ1v) is 10.5. The number of aliphatic hydroxyl groups excluding tert-OH is 2. The summed E-state index contributed by atoms with van der Waals surface area (Å²) in [6, 6.07) is 0. The number of ketones is 2. The fourth-order valence-electron chi connectivity index (χ4n) is 7.80. The van der Waals surface area contributed by atoms with Crippen molar-refractivity contribution < 1.29 is 24.9 Å². The molecule has 0 saturated heterocycles. The van der Waals surface area contributed by atoms with Crippen LogP contribution in [0, 0.1) is 40.4 Å². The maximum atomic E-state index is 12.6. The third-order valence-corrected chi connectivity index (χ3v) is 8.97. The van der Waals surface area contributed by atoms with E-state index in [9.17, 15) is 24.9 Å². The molecule has 2 unspecified atom stereocenters. The van der Waals surface area contributed by atoms with Crippen LogP contribution in [0.1, 0.15) is 47.0 Å². The van der Waals surface area contributed by atoms with E-state index in [0.717, 1.165) is 12.0 Å². The zero-order valence-electron chi connectivity index (χ0n) is 17.2. The molecule has 0 aliphatic heterocycles. The molecule has 3 N–H and O–H groups in total. The molecule has 4 rings (SSSR count). The minimum absolute atomic E-state index is 0.00492. The molecule has 0 heterocycles. The Morgan fingerprint density at radius 3 is 2.57 bits per heavy atom. The standard InChI is InChI=1S/C23H32O5/c1-12-7-15-17-8-13(2)23(28,19(27)11-24)22(17,4)10-18(26)20(15)21(3)6-5-14(25)9-16(12)21/h5-6,9,12-13,15,17-18,20,24,26,28H,7-8,10-11H2,1-4H3/t12?,13?,15-,17-,18-,20+,21-,22-,23-/m0/s1. The lowest BCUT2D eigenvalue weighted by atomic mass is 9.44. The molecule has 5 nitrogen and oxygen atoms in total. The summed E-state index contributed by atoms with van der Waals surface area (Å²) in [6.45, 7) is 7.38. The lowest BCUT2D eigenvalue weighted by Crippen LogP contribution is -2.63. The Labute approximate surface area is 166 Å². The Kier molecular flexibility index (Phi) is 4.36. The monoisotopic (exact) mass is 388 g/mol. The molecule has 154 valence electrons. The van der Waals surface area contributed by atoms with Gasteiger partial charge in [-0.3, -0.25) is 9.59 Å². The Hall–Kier alpha value is -1.30. The Morgan fingerprint density at radius 1 is 1.25 bits per heavy atom. The second-order valence-electron chi connectivity index (χ2n) is 10.2. The molecule has 5 heteroatoms. The van der Waals surface area contributed by atoms with Crippen LogP contribution in [0.15, 0.2) is 23.8 Å². The van der Waals surface area contributed by atoms with Gasteiger partial charge in [-0.2, -0.15) is 0 Å². The maximum absolute atomic E-state index is 12.6. The molecule has 0 amide bonds. The second-order valence-corrected chi connectivity index (χ2v) is 10.2. The zero-order valence-corrected chi connectivity index (χ0v) is 17.2. The highest BCUT2D eigenvalue weighted by Gasteiger charge is 2.70. The van der Waals surface area contributed by atoms with Crippen molar-refractivity contribution in [1.29, 1.82) is 0 Å². The van der Waals surface area contributed by atoms with Gasteiger partial charge in [-0.05, 0) is 55.1 Å². The van der Waals surface area contributed by atoms with Gasteiger partial charge in [-0.1, -0.05) is 39.3 Å². The highest BCUT2D eigenvalue weighted by molar-refractivity contribution is 6.01. The normalized spacial score (nSPS) is 52.5. The van der Waals surface area contributed by atoms with Gasteiger partial charge in [0.05, 0.1) is 6.10 Å². The maximum Gasteiger partial charge on any atom is 0.190 e. The minimum Gasteiger partial charge on any atom is -0.393 e. The van der Waals surface area contributed by atoms with Gasteiger partial charge in [0.15, 0.2) is 11.6 Å². The van der Waals surface area contributed by atoms with E-state index in [1.54, 1.807) is 12.2 Å². The number of aliphatic hydroxyl groups is 3. The van der Waals surface area contributed by atoms with E-state index >= 15 is 0 Å². The lowest BCUT2D eigenvalue weighted by molar-refractivity contribution is -0.185. The van der Waals surface area contributed by atoms with Crippen LogP contribution < -0.4 is 0 Å². The number of carbonyl (C=O) groups is 2. The highest BCUT2D eigenvalue weighted by atomic mass is 16.3. The van der Waals surface area contributed by atoms with E-state index < -0.39 is 29.5 Å². The summed E-state index contributed by atoms with van der Waals surface area (Å²) in [5, 5.41) is 32.3. The lowest BCUT2D eigenvalue weighted by Gasteiger charge is -2.60. The van der Waals surface area contributed by atoms with E-state index in [4.69, 9.17) is 0 Å². The molecule has 0 radical (unpaired) electrons. The van der Waals surface area contributed by atoms with Gasteiger partial charge in [0.1, 0.15) is 12.2 Å². The number of hydrogen-bond donors (Lipinski definition) is 3. The van der Waals surface area contributed by atoms with Crippen molar-refractivity contribution >= 4 is 11.6 Å². The Balaban J connectivity index is 1.81. The molecule has 0 bridgehead atoms. The topological polar surface area (TPSA) is 94.8 Å². The number of Topliss-reactive ketones (excluding diaryl/α,β-unsaturated/α-hetero) is 1. The number of fused-ring (bicyclic) bond motifs is 5. The van der Waals surface area contributed by atoms with Crippen molar-refractivity contribution in [3.8, 4) is 0 Å². The molecule has 3 fully saturated rings. The van der Waals surface area contributed by atoms with Crippen LogP contribution in [-0.2, 0) is 9.59 Å². The van der Waals surface area contributed by atoms with Crippen LogP contribution in [0.3, 0.4) is 0 Å². The van der Waals surface area contributed by atoms with Crippen LogP contribution in [0.5, 0.6) is 0 Å². The number of hydrogen-bond acceptors (Lipinski definition) is 5. The smallest absolute Gasteiger partial charge is 0.190 e. The molecule has 0 aromatic carbocycles. The number of rotatable bonds is 2. The summed E-state index contributed by atoms with van der Waals surface area (Å²) in [7, 11) is 0. The SMILES string of the molecule is CC1C[C@@H]2[C@H]([C@@H](O)C[C@@]3(C)[C@H]2CC(C)[C@]3(O)C(=O)CO)[C@@]2(C)C=CC(=O)C=C12. The second kappa shape index (κ2) is 6.10. The predicted octanol–water partition coefficient (Wildman–Crippen LogP) is 2.05. The summed E-state index contributed by atoms with van der Waals surface area (Å²) in [4.78, 5) is 24.6. The molecular weight excluding hydrogens is 356 g/mol. The first kappa shape index (κ1) is 20.0. The van der Waals surface area contributed by atoms with E-state index in [1.807, 2.05) is 19.9 Å². The van der Waals surface area contributed by atoms with E-state index in [2.05, 4.69) is 13.8 Å². The van der Waals surface area contributed by atoms with Gasteiger partial charge < -0.3 is 15.3 Å². The molecule has 0 aromatic rings. The van der Waals surface area contributed by atoms with Gasteiger partial charge >= 0.3 is 0 Å². The largest absolute Gasteiger partial charge is 0.393 e. The van der Waals surface area contributed by atoms with Crippen molar-refractivity contribution in [2.45, 2.75) is 58.7 Å². The summed E-state index contributed by atoms with van der Waals surface area (Å²) < 4.78 is 0. The minimum atomic E-state index is -1.61. The first-order valence-electron chi connectivity index (χ1n) is 10.5. The van der Waals surface area contributed by atoms with Crippen molar-refractivity contribution in [2.75, 3.05) is 6.61 Å². The summed E-state index contributed by atoms with van der Waals surface area (Å²) >= 11 is 0. The van der Waals surface area contributed by atoms with Crippen molar-refractivity contribution in [1.82, 2.24) is 0 Å². The third kappa shape index (κ3) is 2.24. The number of carbonyl (C=O) groups excluding carboxylic acids is 2. The van der Waals surface area contributed by atoms with Gasteiger partial charge in [0.2, 0.25) is 0 Å². The first-order chi connectivity index (χ1) is 13.0. The summed E-state index contributed by atoms with van der Waals surface area (Å²) in [5.41, 5.74) is -1.67. The molecule has 3 saturated carbocycles. The quantitative estimate of drug-likeness (QED) is 0.673. The molecule has 4 aliphatic carbocycles. The van der Waals surface area contributed by atoms with Crippen molar-refractivity contribution in [2.24, 2.45) is 40.4 Å². The van der Waals surface area contributed by atoms with Crippen molar-refractivity contribution in [3.05, 3.63) is 23.8 Å². The van der Waals surface area contributed by atoms with Gasteiger partial charge in [-0.25, -0.2) is 0 Å². The Morgan fingerprint density at radius 2 is 1.93 bits per heavy atom. The predicted molar refractivity (Wildman–Crippen MR) is 104 cm³/mol. The van der Waals surface area contributed by atoms with Crippen LogP contribution in [0.25, 0.3) is 0 Å². The van der Waals surface area contributed by atoms with Crippen molar-refractivity contribution in [3.63, 3.8) is 0 Å². The molecule has 4 aliphatic rings. The van der Waals surface area contributed by atoms with Gasteiger partial charge in [0.25, 0.3) is 0 Å². The summed E-state index contributed by atoms with van der Waals surface area (Å²) in [6.07, 6.45) is 6.50. The van der Waals surface area contributed by atoms with E-state index in [1.165, 1.54) is 0 Å². The van der Waals surface area contributed by atoms with Gasteiger partial charge in [-0.15, -0.1) is 0 Å². The fraction of sp³-hybridized carbons (Fsp3) is 0.739. The molecule has 9 atom stereocenters. The van der Waals surface area contributed by atoms with Crippen LogP contribution >= 0.6 is 0 Å². The summed E-state index contributed by atoms with van der Waals surface area (Å²) in [5.74, 6) is -0.408. The van der Waals surface area contributed by atoms with Crippen LogP contribution in [-0.4, -0.2) is 45.2 Å². The Bertz CT molecular complexity index is 784. The zero-order chi connectivity index (χ0) is 20.6. The average molecular weight is 389 g/mol. The fourth-order valence-corrected chi connectivity index (χ4v) is 7.80. The molecular formula is C23H32O5. The van der Waals surface area contributed by atoms with Gasteiger partial charge in [0, 0.05) is 16.7 Å². The van der Waals surface area contributed by atoms with E-state index in [0.29, 0.717) is 12.8 Å². The van der Waals surface area contributed by atoms with Crippen LogP contribution in [0.4, 0.5) is 0 Å². The molecule has 0 aromatic heterocycles. The van der Waals surface area contributed by atoms with E-state index in [-0.39, 0.29) is 40.8 Å². The molecule has 28 heavy (non-hydrogen) atoms. The highest BCUT2D eigenvalue weighted by Crippen LogP contribution is 2.68. The number of allylic oxidation sites excluding steroid dienone is 4. The van der Waals surface area contributed by atoms with Crippen LogP contribution in [0.2, 0.25) is 0 Å². The average Bonchev–Trinajstić information content (AvgIpc) is 2.83. The third-order valence-electron chi connectivity index (χ3n) is 8.97.